The van der Waals surface area contributed by atoms with Crippen LogP contribution in [0.5, 0.6) is 0 Å². The van der Waals surface area contributed by atoms with Crippen molar-refractivity contribution in [1.29, 1.82) is 0 Å². The summed E-state index contributed by atoms with van der Waals surface area (Å²) in [5.41, 5.74) is 0.844. The highest BCUT2D eigenvalue weighted by Crippen LogP contribution is 2.28. The van der Waals surface area contributed by atoms with Crippen LogP contribution in [0.4, 0.5) is 11.6 Å². The first-order valence-electron chi connectivity index (χ1n) is 7.96. The van der Waals surface area contributed by atoms with E-state index in [1.807, 2.05) is 19.3 Å². The van der Waals surface area contributed by atoms with Gasteiger partial charge in [-0.1, -0.05) is 0 Å². The number of nitrogens with zero attached hydrogens (tertiary/aromatic N) is 5. The normalized spacial score (nSPS) is 18.6. The fourth-order valence-corrected chi connectivity index (χ4v) is 3.56. The topological polar surface area (TPSA) is 98.2 Å². The van der Waals surface area contributed by atoms with Crippen LogP contribution in [0, 0.1) is 0 Å². The lowest BCUT2D eigenvalue weighted by molar-refractivity contribution is 0.564. The molecule has 1 saturated heterocycles. The van der Waals surface area contributed by atoms with E-state index in [2.05, 4.69) is 29.7 Å². The summed E-state index contributed by atoms with van der Waals surface area (Å²) in [6.07, 6.45) is 5.89. The third-order valence-electron chi connectivity index (χ3n) is 4.63. The summed E-state index contributed by atoms with van der Waals surface area (Å²) in [5, 5.41) is 1.03. The molecule has 0 radical (unpaired) electrons. The summed E-state index contributed by atoms with van der Waals surface area (Å²) in [6.45, 7) is 1.74. The van der Waals surface area contributed by atoms with E-state index >= 15 is 0 Å². The number of pyridine rings is 1. The minimum Gasteiger partial charge on any atom is -0.355 e. The fraction of sp³-hybridized carbons (Fsp3) is 0.312. The zero-order chi connectivity index (χ0) is 17.4. The minimum absolute atomic E-state index is 0.293. The maximum Gasteiger partial charge on any atom is 0.188 e. The van der Waals surface area contributed by atoms with Gasteiger partial charge in [0.1, 0.15) is 23.6 Å². The average molecular weight is 358 g/mol. The highest BCUT2D eigenvalue weighted by Gasteiger charge is 2.28. The SMILES string of the molecule is CN(c1ccc(S(=O)O)cn1)C1CCN(c2ncnc3[nH]ccc23)C1. The van der Waals surface area contributed by atoms with Crippen molar-refractivity contribution in [2.24, 2.45) is 0 Å². The molecule has 0 aliphatic carbocycles. The minimum atomic E-state index is -2.00. The number of likely N-dealkylation sites (N-methyl/N-ethyl adjacent to an activating group) is 1. The summed E-state index contributed by atoms with van der Waals surface area (Å²) in [7, 11) is 2.00. The Labute approximate surface area is 147 Å². The molecule has 2 atom stereocenters. The molecule has 0 amide bonds. The first-order chi connectivity index (χ1) is 12.1. The summed E-state index contributed by atoms with van der Waals surface area (Å²) >= 11 is -2.00. The van der Waals surface area contributed by atoms with Gasteiger partial charge in [-0.25, -0.2) is 19.2 Å². The lowest BCUT2D eigenvalue weighted by atomic mass is 10.2. The van der Waals surface area contributed by atoms with Gasteiger partial charge in [0.2, 0.25) is 0 Å². The van der Waals surface area contributed by atoms with Crippen molar-refractivity contribution < 1.29 is 8.76 Å². The van der Waals surface area contributed by atoms with Gasteiger partial charge in [-0.2, -0.15) is 0 Å². The molecule has 130 valence electrons. The van der Waals surface area contributed by atoms with Crippen LogP contribution in [-0.2, 0) is 11.1 Å². The molecule has 2 unspecified atom stereocenters. The molecule has 0 bridgehead atoms. The van der Waals surface area contributed by atoms with Crippen LogP contribution in [-0.4, -0.2) is 54.9 Å². The number of rotatable bonds is 4. The number of aromatic nitrogens is 4. The summed E-state index contributed by atoms with van der Waals surface area (Å²) in [4.78, 5) is 20.8. The van der Waals surface area contributed by atoms with E-state index in [1.54, 1.807) is 18.5 Å². The van der Waals surface area contributed by atoms with Crippen molar-refractivity contribution in [2.45, 2.75) is 17.4 Å². The number of nitrogens with one attached hydrogen (secondary N) is 1. The highest BCUT2D eigenvalue weighted by molar-refractivity contribution is 7.79. The molecule has 0 aromatic carbocycles. The third-order valence-corrected chi connectivity index (χ3v) is 5.27. The van der Waals surface area contributed by atoms with E-state index in [9.17, 15) is 4.21 Å². The lowest BCUT2D eigenvalue weighted by Gasteiger charge is -2.26. The second-order valence-electron chi connectivity index (χ2n) is 6.04. The van der Waals surface area contributed by atoms with Gasteiger partial charge < -0.3 is 19.3 Å². The van der Waals surface area contributed by atoms with Crippen molar-refractivity contribution in [3.63, 3.8) is 0 Å². The van der Waals surface area contributed by atoms with Crippen LogP contribution in [0.15, 0.2) is 41.8 Å². The Balaban J connectivity index is 1.52. The Morgan fingerprint density at radius 2 is 2.20 bits per heavy atom. The van der Waals surface area contributed by atoms with E-state index in [4.69, 9.17) is 4.55 Å². The van der Waals surface area contributed by atoms with Gasteiger partial charge in [-0.3, -0.25) is 0 Å². The van der Waals surface area contributed by atoms with Gasteiger partial charge >= 0.3 is 0 Å². The van der Waals surface area contributed by atoms with E-state index in [-0.39, 0.29) is 0 Å². The van der Waals surface area contributed by atoms with Crippen LogP contribution < -0.4 is 9.80 Å². The number of anilines is 2. The number of aromatic amines is 1. The number of hydrogen-bond donors (Lipinski definition) is 2. The molecule has 25 heavy (non-hydrogen) atoms. The molecule has 2 N–H and O–H groups in total. The molecule has 9 heteroatoms. The molecule has 1 aliphatic heterocycles. The first-order valence-corrected chi connectivity index (χ1v) is 9.07. The number of fused-ring (bicyclic) bond motifs is 1. The molecule has 1 fully saturated rings. The standard InChI is InChI=1S/C16H18N6O2S/c1-21(14-3-2-12(8-18-14)25(23)24)11-5-7-22(9-11)16-13-4-6-17-15(13)19-10-20-16/h2-4,6,8,10-11H,5,7,9H2,1H3,(H,23,24)(H,17,19,20). The van der Waals surface area contributed by atoms with E-state index < -0.39 is 11.1 Å². The van der Waals surface area contributed by atoms with Gasteiger partial charge in [0, 0.05) is 38.6 Å². The van der Waals surface area contributed by atoms with Gasteiger partial charge in [0.25, 0.3) is 0 Å². The molecular weight excluding hydrogens is 340 g/mol. The molecule has 0 saturated carbocycles. The van der Waals surface area contributed by atoms with Gasteiger partial charge in [0.15, 0.2) is 11.1 Å². The Hall–Kier alpha value is -2.52. The highest BCUT2D eigenvalue weighted by atomic mass is 32.2. The smallest absolute Gasteiger partial charge is 0.188 e. The van der Waals surface area contributed by atoms with E-state index in [0.29, 0.717) is 10.9 Å². The summed E-state index contributed by atoms with van der Waals surface area (Å²) < 4.78 is 20.2. The average Bonchev–Trinajstić information content (AvgIpc) is 3.30. The molecule has 8 nitrogen and oxygen atoms in total. The third kappa shape index (κ3) is 2.96. The zero-order valence-electron chi connectivity index (χ0n) is 13.7. The van der Waals surface area contributed by atoms with Crippen molar-refractivity contribution in [1.82, 2.24) is 19.9 Å². The maximum atomic E-state index is 11.1. The Morgan fingerprint density at radius 1 is 1.32 bits per heavy atom. The van der Waals surface area contributed by atoms with Crippen molar-refractivity contribution in [3.05, 3.63) is 36.9 Å². The quantitative estimate of drug-likeness (QED) is 0.684. The molecule has 1 aliphatic rings. The molecule has 4 heterocycles. The largest absolute Gasteiger partial charge is 0.355 e. The van der Waals surface area contributed by atoms with E-state index in [1.165, 1.54) is 6.20 Å². The second-order valence-corrected chi connectivity index (χ2v) is 7.01. The Bertz CT molecular complexity index is 912. The number of hydrogen-bond acceptors (Lipinski definition) is 6. The summed E-state index contributed by atoms with van der Waals surface area (Å²) in [6, 6.07) is 5.70. The molecule has 3 aromatic heterocycles. The fourth-order valence-electron chi connectivity index (χ4n) is 3.23. The van der Waals surface area contributed by atoms with Crippen molar-refractivity contribution >= 4 is 33.7 Å². The van der Waals surface area contributed by atoms with Crippen LogP contribution in [0.3, 0.4) is 0 Å². The van der Waals surface area contributed by atoms with Gasteiger partial charge in [-0.05, 0) is 24.6 Å². The van der Waals surface area contributed by atoms with E-state index in [0.717, 1.165) is 42.2 Å². The molecule has 3 aromatic rings. The Kier molecular flexibility index (Phi) is 4.10. The van der Waals surface area contributed by atoms with Crippen molar-refractivity contribution in [2.75, 3.05) is 29.9 Å². The Morgan fingerprint density at radius 3 is 2.96 bits per heavy atom. The van der Waals surface area contributed by atoms with Crippen LogP contribution in [0.25, 0.3) is 11.0 Å². The summed E-state index contributed by atoms with van der Waals surface area (Å²) in [5.74, 6) is 1.73. The van der Waals surface area contributed by atoms with Gasteiger partial charge in [-0.15, -0.1) is 0 Å². The molecular formula is C16H18N6O2S. The van der Waals surface area contributed by atoms with Crippen LogP contribution >= 0.6 is 0 Å². The maximum absolute atomic E-state index is 11.1. The number of H-pyrrole nitrogens is 1. The zero-order valence-corrected chi connectivity index (χ0v) is 14.5. The van der Waals surface area contributed by atoms with Crippen LogP contribution in [0.1, 0.15) is 6.42 Å². The lowest BCUT2D eigenvalue weighted by Crippen LogP contribution is -2.35. The first kappa shape index (κ1) is 16.0. The monoisotopic (exact) mass is 358 g/mol. The molecule has 4 rings (SSSR count). The van der Waals surface area contributed by atoms with Crippen molar-refractivity contribution in [3.8, 4) is 0 Å². The molecule has 0 spiro atoms. The second kappa shape index (κ2) is 6.41. The predicted molar refractivity (Wildman–Crippen MR) is 96.2 cm³/mol. The predicted octanol–water partition coefficient (Wildman–Crippen LogP) is 1.65. The van der Waals surface area contributed by atoms with Crippen LogP contribution in [0.2, 0.25) is 0 Å². The van der Waals surface area contributed by atoms with Gasteiger partial charge in [0.05, 0.1) is 10.3 Å².